The smallest absolute Gasteiger partial charge is 0.338 e. The van der Waals surface area contributed by atoms with Crippen LogP contribution in [0.1, 0.15) is 37.0 Å². The first-order valence-electron chi connectivity index (χ1n) is 8.90. The summed E-state index contributed by atoms with van der Waals surface area (Å²) in [6.07, 6.45) is 2.04. The summed E-state index contributed by atoms with van der Waals surface area (Å²) in [6, 6.07) is 2.93. The SMILES string of the molecule is CCC1(CC)C(=O)NC=C(COC(=O)c2cc(OC)c(OC)c(OC)c2)C1=O. The number of hydrogen-bond donors (Lipinski definition) is 1. The molecule has 1 aliphatic heterocycles. The number of carbonyl (C=O) groups excluding carboxylic acids is 3. The lowest BCUT2D eigenvalue weighted by molar-refractivity contribution is -0.141. The van der Waals surface area contributed by atoms with Crippen molar-refractivity contribution in [3.05, 3.63) is 29.5 Å². The number of ketones is 1. The van der Waals surface area contributed by atoms with Gasteiger partial charge in [0.2, 0.25) is 11.7 Å². The summed E-state index contributed by atoms with van der Waals surface area (Å²) in [5.41, 5.74) is -0.702. The number of ether oxygens (including phenoxy) is 4. The largest absolute Gasteiger partial charge is 0.493 e. The predicted molar refractivity (Wildman–Crippen MR) is 101 cm³/mol. The summed E-state index contributed by atoms with van der Waals surface area (Å²) in [5.74, 6) is -0.343. The van der Waals surface area contributed by atoms with Crippen LogP contribution in [-0.2, 0) is 14.3 Å². The summed E-state index contributed by atoms with van der Waals surface area (Å²) in [5, 5.41) is 2.60. The quantitative estimate of drug-likeness (QED) is 0.536. The van der Waals surface area contributed by atoms with Gasteiger partial charge in [0.25, 0.3) is 0 Å². The molecule has 0 aliphatic carbocycles. The predicted octanol–water partition coefficient (Wildman–Crippen LogP) is 2.26. The lowest BCUT2D eigenvalue weighted by atomic mass is 9.73. The normalized spacial score (nSPS) is 15.4. The number of carbonyl (C=O) groups is 3. The molecule has 152 valence electrons. The first-order valence-corrected chi connectivity index (χ1v) is 8.90. The number of hydrogen-bond acceptors (Lipinski definition) is 7. The van der Waals surface area contributed by atoms with Crippen LogP contribution in [0.3, 0.4) is 0 Å². The Kier molecular flexibility index (Phi) is 6.66. The molecular weight excluding hydrogens is 366 g/mol. The average molecular weight is 391 g/mol. The molecule has 1 amide bonds. The molecule has 1 aromatic rings. The van der Waals surface area contributed by atoms with Gasteiger partial charge >= 0.3 is 5.97 Å². The van der Waals surface area contributed by atoms with Gasteiger partial charge in [0.1, 0.15) is 12.0 Å². The molecule has 0 saturated carbocycles. The topological polar surface area (TPSA) is 100 Å². The number of Topliss-reactive ketones (excluding diaryl/α,β-unsaturated/α-hetero) is 1. The van der Waals surface area contributed by atoms with Crippen molar-refractivity contribution in [1.82, 2.24) is 5.32 Å². The summed E-state index contributed by atoms with van der Waals surface area (Å²) in [7, 11) is 4.34. The van der Waals surface area contributed by atoms with E-state index >= 15 is 0 Å². The number of nitrogens with one attached hydrogen (secondary N) is 1. The van der Waals surface area contributed by atoms with Gasteiger partial charge in [0.15, 0.2) is 17.3 Å². The van der Waals surface area contributed by atoms with Gasteiger partial charge in [-0.25, -0.2) is 4.79 Å². The molecule has 1 heterocycles. The lowest BCUT2D eigenvalue weighted by Gasteiger charge is -2.32. The third kappa shape index (κ3) is 3.67. The van der Waals surface area contributed by atoms with Gasteiger partial charge in [-0.1, -0.05) is 13.8 Å². The van der Waals surface area contributed by atoms with Gasteiger partial charge in [-0.3, -0.25) is 9.59 Å². The van der Waals surface area contributed by atoms with E-state index in [1.54, 1.807) is 13.8 Å². The van der Waals surface area contributed by atoms with E-state index in [1.165, 1.54) is 39.7 Å². The minimum Gasteiger partial charge on any atom is -0.493 e. The van der Waals surface area contributed by atoms with Crippen molar-refractivity contribution in [2.45, 2.75) is 26.7 Å². The fraction of sp³-hybridized carbons (Fsp3) is 0.450. The second-order valence-electron chi connectivity index (χ2n) is 6.25. The Balaban J connectivity index is 2.21. The Labute approximate surface area is 163 Å². The number of benzene rings is 1. The van der Waals surface area contributed by atoms with E-state index in [4.69, 9.17) is 18.9 Å². The molecule has 1 N–H and O–H groups in total. The monoisotopic (exact) mass is 391 g/mol. The number of amides is 1. The minimum absolute atomic E-state index is 0.180. The molecule has 2 rings (SSSR count). The van der Waals surface area contributed by atoms with Crippen LogP contribution in [0, 0.1) is 5.41 Å². The fourth-order valence-corrected chi connectivity index (χ4v) is 3.19. The van der Waals surface area contributed by atoms with Gasteiger partial charge in [-0.15, -0.1) is 0 Å². The second kappa shape index (κ2) is 8.77. The highest BCUT2D eigenvalue weighted by Crippen LogP contribution is 2.38. The average Bonchev–Trinajstić information content (AvgIpc) is 2.72. The number of methoxy groups -OCH3 is 3. The van der Waals surface area contributed by atoms with Crippen LogP contribution in [0.4, 0.5) is 0 Å². The molecule has 28 heavy (non-hydrogen) atoms. The highest BCUT2D eigenvalue weighted by atomic mass is 16.5. The highest BCUT2D eigenvalue weighted by molar-refractivity contribution is 6.16. The maximum absolute atomic E-state index is 12.8. The molecule has 0 fully saturated rings. The number of rotatable bonds is 8. The van der Waals surface area contributed by atoms with Crippen LogP contribution < -0.4 is 19.5 Å². The third-order valence-electron chi connectivity index (χ3n) is 5.00. The first-order chi connectivity index (χ1) is 13.4. The van der Waals surface area contributed by atoms with E-state index in [0.29, 0.717) is 30.1 Å². The Bertz CT molecular complexity index is 784. The first kappa shape index (κ1) is 21.3. The fourth-order valence-electron chi connectivity index (χ4n) is 3.19. The molecule has 1 aliphatic rings. The van der Waals surface area contributed by atoms with E-state index in [-0.39, 0.29) is 29.4 Å². The molecule has 8 heteroatoms. The van der Waals surface area contributed by atoms with Crippen LogP contribution >= 0.6 is 0 Å². The van der Waals surface area contributed by atoms with E-state index in [2.05, 4.69) is 5.32 Å². The van der Waals surface area contributed by atoms with Gasteiger partial charge in [-0.05, 0) is 25.0 Å². The highest BCUT2D eigenvalue weighted by Gasteiger charge is 2.46. The van der Waals surface area contributed by atoms with Gasteiger partial charge in [-0.2, -0.15) is 0 Å². The zero-order chi connectivity index (χ0) is 20.9. The van der Waals surface area contributed by atoms with Crippen LogP contribution in [0.25, 0.3) is 0 Å². The zero-order valence-corrected chi connectivity index (χ0v) is 16.7. The van der Waals surface area contributed by atoms with Crippen molar-refractivity contribution in [2.75, 3.05) is 27.9 Å². The molecule has 0 aromatic heterocycles. The zero-order valence-electron chi connectivity index (χ0n) is 16.7. The Hall–Kier alpha value is -3.03. The lowest BCUT2D eigenvalue weighted by Crippen LogP contribution is -2.49. The van der Waals surface area contributed by atoms with Gasteiger partial charge < -0.3 is 24.3 Å². The maximum Gasteiger partial charge on any atom is 0.338 e. The number of esters is 1. The third-order valence-corrected chi connectivity index (χ3v) is 5.00. The Morgan fingerprint density at radius 2 is 1.57 bits per heavy atom. The summed E-state index contributed by atoms with van der Waals surface area (Å²) >= 11 is 0. The van der Waals surface area contributed by atoms with Crippen LogP contribution in [-0.4, -0.2) is 45.6 Å². The van der Waals surface area contributed by atoms with Crippen molar-refractivity contribution < 1.29 is 33.3 Å². The molecule has 8 nitrogen and oxygen atoms in total. The van der Waals surface area contributed by atoms with Crippen molar-refractivity contribution in [1.29, 1.82) is 0 Å². The summed E-state index contributed by atoms with van der Waals surface area (Å²) in [6.45, 7) is 3.31. The molecular formula is C20H25NO7. The molecule has 0 bridgehead atoms. The maximum atomic E-state index is 12.8. The molecule has 1 aromatic carbocycles. The summed E-state index contributed by atoms with van der Waals surface area (Å²) in [4.78, 5) is 37.4. The van der Waals surface area contributed by atoms with Gasteiger partial charge in [0, 0.05) is 11.8 Å². The second-order valence-corrected chi connectivity index (χ2v) is 6.25. The summed E-state index contributed by atoms with van der Waals surface area (Å²) < 4.78 is 21.0. The van der Waals surface area contributed by atoms with Crippen LogP contribution in [0.15, 0.2) is 23.9 Å². The molecule has 0 radical (unpaired) electrons. The van der Waals surface area contributed by atoms with Crippen molar-refractivity contribution in [2.24, 2.45) is 5.41 Å². The minimum atomic E-state index is -1.12. The van der Waals surface area contributed by atoms with Crippen LogP contribution in [0.5, 0.6) is 17.2 Å². The van der Waals surface area contributed by atoms with E-state index in [1.807, 2.05) is 0 Å². The van der Waals surface area contributed by atoms with E-state index < -0.39 is 11.4 Å². The molecule has 0 atom stereocenters. The standard InChI is InChI=1S/C20H25NO7/c1-6-20(7-2)17(22)13(10-21-19(20)24)11-28-18(23)12-8-14(25-3)16(27-5)15(9-12)26-4/h8-10H,6-7,11H2,1-5H3,(H,21,24). The van der Waals surface area contributed by atoms with Crippen molar-refractivity contribution in [3.63, 3.8) is 0 Å². The van der Waals surface area contributed by atoms with Crippen molar-refractivity contribution in [3.8, 4) is 17.2 Å². The van der Waals surface area contributed by atoms with E-state index in [0.717, 1.165) is 0 Å². The molecule has 0 saturated heterocycles. The van der Waals surface area contributed by atoms with Gasteiger partial charge in [0.05, 0.1) is 26.9 Å². The van der Waals surface area contributed by atoms with Crippen molar-refractivity contribution >= 4 is 17.7 Å². The van der Waals surface area contributed by atoms with Crippen LogP contribution in [0.2, 0.25) is 0 Å². The molecule has 0 spiro atoms. The molecule has 0 unspecified atom stereocenters. The van der Waals surface area contributed by atoms with E-state index in [9.17, 15) is 14.4 Å². The Morgan fingerprint density at radius 1 is 1.00 bits per heavy atom. The Morgan fingerprint density at radius 3 is 2.04 bits per heavy atom.